The van der Waals surface area contributed by atoms with E-state index in [0.717, 1.165) is 6.07 Å². The van der Waals surface area contributed by atoms with Crippen LogP contribution in [-0.2, 0) is 0 Å². The van der Waals surface area contributed by atoms with Gasteiger partial charge in [-0.05, 0) is 105 Å². The van der Waals surface area contributed by atoms with E-state index in [1.165, 1.54) is 0 Å². The lowest BCUT2D eigenvalue weighted by molar-refractivity contribution is 0.669. The van der Waals surface area contributed by atoms with Crippen LogP contribution in [-0.4, -0.2) is 0 Å². The normalized spacial score (nSPS) is 19.9. The molecular weight excluding hydrogens is 617 g/mol. The van der Waals surface area contributed by atoms with Crippen molar-refractivity contribution in [1.29, 1.82) is 0 Å². The minimum atomic E-state index is -1.10. The third-order valence-electron chi connectivity index (χ3n) is 8.65. The summed E-state index contributed by atoms with van der Waals surface area (Å²) in [6, 6.07) is -24.9. The largest absolute Gasteiger partial charge is 0.456 e. The van der Waals surface area contributed by atoms with Crippen molar-refractivity contribution in [3.8, 4) is 33.4 Å². The molecule has 0 spiro atoms. The highest BCUT2D eigenvalue weighted by Crippen LogP contribution is 2.46. The molecule has 0 saturated heterocycles. The van der Waals surface area contributed by atoms with Gasteiger partial charge < -0.3 is 4.42 Å². The number of rotatable bonds is 3. The lowest BCUT2D eigenvalue weighted by Gasteiger charge is -2.18. The molecule has 1 aromatic heterocycles. The van der Waals surface area contributed by atoms with Crippen LogP contribution < -0.4 is 0 Å². The Balaban J connectivity index is 1.38. The molecule has 0 atom stereocenters. The van der Waals surface area contributed by atoms with Crippen molar-refractivity contribution < 1.29 is 44.2 Å². The Hall–Kier alpha value is -6.70. The summed E-state index contributed by atoms with van der Waals surface area (Å²) in [6.45, 7) is 0. The van der Waals surface area contributed by atoms with Crippen LogP contribution in [0.1, 0.15) is 39.8 Å². The maximum atomic E-state index is 9.93. The SMILES string of the molecule is [2H]c1cc2c(c([2H])c1[2H])c([2H])c([2H])c1c([2H])c([2H])c([2H])c(-c3c([2H])c([2H])c(-c4c5c([2H])c([2H])c([2H])c([2H])c5c(-c5c([2H])c([2H])c6oc7c([2H])c([2H])c8c([2H])c([2H])c([2H])c([2H])c8c7c6c5[2H])c5c([2H])c([2H])c([2H])c([2H])c45)c([2H])c3[2H])c12. The molecule has 0 fully saturated rings. The summed E-state index contributed by atoms with van der Waals surface area (Å²) in [6.07, 6.45) is 0. The van der Waals surface area contributed by atoms with Crippen molar-refractivity contribution in [3.05, 3.63) is 181 Å². The van der Waals surface area contributed by atoms with Crippen LogP contribution in [0.3, 0.4) is 0 Å². The summed E-state index contributed by atoms with van der Waals surface area (Å²) in [5.74, 6) is 0. The van der Waals surface area contributed by atoms with Gasteiger partial charge in [0, 0.05) is 10.8 Å². The first-order valence-electron chi connectivity index (χ1n) is 29.7. The zero-order valence-corrected chi connectivity index (χ0v) is 25.5. The molecule has 0 bridgehead atoms. The number of furan rings is 1. The second-order valence-corrected chi connectivity index (χ2v) is 11.3. The molecule has 0 radical (unpaired) electrons. The first-order valence-corrected chi connectivity index (χ1v) is 15.2. The van der Waals surface area contributed by atoms with Gasteiger partial charge in [-0.25, -0.2) is 0 Å². The molecule has 0 saturated carbocycles. The standard InChI is InChI=1S/C50H30O/c1-3-13-37-31(10-1)20-23-34-12-9-19-38(47(34)37)33-21-24-35(25-22-33)48-40-15-5-7-17-42(40)49(43-18-8-6-16-41(43)48)36-27-28-45-44(30-36)50-39-14-4-2-11-32(39)26-29-46(50)51-45/h1-30H/i1D,2D,3D,4D,5D,6D,7D,8D,9D,10D,11D,12D,14D,15D,16D,17D,18D,19D,20D,21D,22D,23D,24D,25D,26D,27D,28D,29D,30D. The fraction of sp³-hybridized carbons (Fsp3) is 0. The molecule has 51 heavy (non-hydrogen) atoms. The van der Waals surface area contributed by atoms with Crippen LogP contribution in [0.25, 0.3) is 109 Å². The van der Waals surface area contributed by atoms with Gasteiger partial charge in [0.05, 0.1) is 39.8 Å². The number of hydrogen-bond donors (Lipinski definition) is 0. The van der Waals surface area contributed by atoms with Gasteiger partial charge in [-0.1, -0.05) is 163 Å². The highest BCUT2D eigenvalue weighted by atomic mass is 16.3. The van der Waals surface area contributed by atoms with E-state index >= 15 is 0 Å². The third kappa shape index (κ3) is 4.22. The van der Waals surface area contributed by atoms with Crippen molar-refractivity contribution >= 4 is 75.8 Å². The maximum Gasteiger partial charge on any atom is 0.136 e. The Bertz CT molecular complexity index is 4760. The van der Waals surface area contributed by atoms with Gasteiger partial charge in [0.15, 0.2) is 0 Å². The molecule has 0 N–H and O–H groups in total. The van der Waals surface area contributed by atoms with Crippen LogP contribution in [0.4, 0.5) is 0 Å². The summed E-state index contributed by atoms with van der Waals surface area (Å²) in [7, 11) is 0. The smallest absolute Gasteiger partial charge is 0.136 e. The summed E-state index contributed by atoms with van der Waals surface area (Å²) in [5, 5.41) is -6.55. The monoisotopic (exact) mass is 675 g/mol. The Morgan fingerprint density at radius 2 is 0.863 bits per heavy atom. The van der Waals surface area contributed by atoms with Crippen LogP contribution in [0.5, 0.6) is 0 Å². The molecule has 0 aliphatic carbocycles. The first kappa shape index (κ1) is 12.0. The summed E-state index contributed by atoms with van der Waals surface area (Å²) in [4.78, 5) is 0. The Kier molecular flexibility index (Phi) is 2.56. The van der Waals surface area contributed by atoms with Crippen molar-refractivity contribution in [2.24, 2.45) is 0 Å². The summed E-state index contributed by atoms with van der Waals surface area (Å²) >= 11 is 0. The van der Waals surface area contributed by atoms with Crippen molar-refractivity contribution in [1.82, 2.24) is 0 Å². The molecule has 1 nitrogen and oxygen atoms in total. The molecule has 10 aromatic carbocycles. The molecule has 1 heterocycles. The molecular formula is C50H30O. The van der Waals surface area contributed by atoms with E-state index in [0.29, 0.717) is 0 Å². The van der Waals surface area contributed by atoms with Crippen LogP contribution in [0.2, 0.25) is 0 Å². The summed E-state index contributed by atoms with van der Waals surface area (Å²) in [5.41, 5.74) is -5.78. The zero-order valence-electron chi connectivity index (χ0n) is 54.5. The molecule has 1 heteroatoms. The minimum absolute atomic E-state index is 0.289. The fourth-order valence-electron chi connectivity index (χ4n) is 6.49. The highest BCUT2D eigenvalue weighted by Gasteiger charge is 2.19. The Morgan fingerprint density at radius 3 is 1.61 bits per heavy atom. The minimum Gasteiger partial charge on any atom is -0.456 e. The predicted molar refractivity (Wildman–Crippen MR) is 218 cm³/mol. The van der Waals surface area contributed by atoms with Crippen LogP contribution >= 0.6 is 0 Å². The lowest BCUT2D eigenvalue weighted by atomic mass is 9.85. The highest BCUT2D eigenvalue weighted by molar-refractivity contribution is 6.24. The van der Waals surface area contributed by atoms with Crippen molar-refractivity contribution in [2.45, 2.75) is 0 Å². The number of hydrogen-bond acceptors (Lipinski definition) is 1. The topological polar surface area (TPSA) is 13.1 Å². The van der Waals surface area contributed by atoms with E-state index < -0.39 is 279 Å². The number of fused-ring (bicyclic) bond motifs is 10. The Labute approximate surface area is 335 Å². The van der Waals surface area contributed by atoms with Crippen molar-refractivity contribution in [3.63, 3.8) is 0 Å². The van der Waals surface area contributed by atoms with Gasteiger partial charge in [0.2, 0.25) is 0 Å². The fourth-order valence-corrected chi connectivity index (χ4v) is 6.49. The van der Waals surface area contributed by atoms with Gasteiger partial charge in [-0.2, -0.15) is 0 Å². The third-order valence-corrected chi connectivity index (χ3v) is 8.65. The van der Waals surface area contributed by atoms with Gasteiger partial charge in [-0.15, -0.1) is 0 Å². The first-order chi connectivity index (χ1) is 37.4. The molecule has 11 aromatic rings. The molecule has 236 valence electrons. The van der Waals surface area contributed by atoms with Crippen LogP contribution in [0, 0.1) is 0 Å². The molecule has 0 aliphatic heterocycles. The van der Waals surface area contributed by atoms with Gasteiger partial charge in [0.1, 0.15) is 11.2 Å². The Morgan fingerprint density at radius 1 is 0.333 bits per heavy atom. The van der Waals surface area contributed by atoms with Gasteiger partial charge >= 0.3 is 0 Å². The van der Waals surface area contributed by atoms with E-state index in [1.54, 1.807) is 0 Å². The second kappa shape index (κ2) is 10.9. The average Bonchev–Trinajstić information content (AvgIpc) is 3.98. The number of benzene rings is 10. The lowest BCUT2D eigenvalue weighted by Crippen LogP contribution is -1.91. The summed E-state index contributed by atoms with van der Waals surface area (Å²) < 4.78 is 269. The average molecular weight is 676 g/mol. The quantitative estimate of drug-likeness (QED) is 0.134. The van der Waals surface area contributed by atoms with E-state index in [9.17, 15) is 16.4 Å². The second-order valence-electron chi connectivity index (χ2n) is 11.3. The molecule has 0 unspecified atom stereocenters. The van der Waals surface area contributed by atoms with E-state index in [-0.39, 0.29) is 5.39 Å². The zero-order chi connectivity index (χ0) is 58.7. The molecule has 0 amide bonds. The molecule has 0 aliphatic rings. The van der Waals surface area contributed by atoms with Crippen LogP contribution in [0.15, 0.2) is 186 Å². The predicted octanol–water partition coefficient (Wildman–Crippen LogP) is 14.4. The molecule has 11 rings (SSSR count). The van der Waals surface area contributed by atoms with E-state index in [4.69, 9.17) is 27.7 Å². The maximum absolute atomic E-state index is 9.93. The van der Waals surface area contributed by atoms with E-state index in [1.807, 2.05) is 0 Å². The van der Waals surface area contributed by atoms with E-state index in [2.05, 4.69) is 0 Å². The van der Waals surface area contributed by atoms with Gasteiger partial charge in [-0.3, -0.25) is 0 Å². The van der Waals surface area contributed by atoms with Gasteiger partial charge in [0.25, 0.3) is 0 Å². The van der Waals surface area contributed by atoms with Crippen molar-refractivity contribution in [2.75, 3.05) is 0 Å².